The van der Waals surface area contributed by atoms with Gasteiger partial charge in [-0.25, -0.2) is 9.78 Å². The quantitative estimate of drug-likeness (QED) is 0.117. The molecule has 0 saturated carbocycles. The largest absolute Gasteiger partial charge is 0.573 e. The number of carbonyl (C=O) groups excluding carboxylic acids is 2. The van der Waals surface area contributed by atoms with Crippen molar-refractivity contribution in [2.45, 2.75) is 25.7 Å². The number of ether oxygens (including phenoxy) is 2. The molecule has 3 N–H and O–H groups in total. The summed E-state index contributed by atoms with van der Waals surface area (Å²) in [5.41, 5.74) is 1.69. The molecule has 2 aromatic carbocycles. The Morgan fingerprint density at radius 1 is 1.00 bits per heavy atom. The Hall–Kier alpha value is -4.16. The maximum absolute atomic E-state index is 12.4. The van der Waals surface area contributed by atoms with E-state index in [2.05, 4.69) is 25.7 Å². The Balaban J connectivity index is 1.22. The van der Waals surface area contributed by atoms with Gasteiger partial charge in [0.15, 0.2) is 0 Å². The second-order valence-electron chi connectivity index (χ2n) is 8.97. The van der Waals surface area contributed by atoms with E-state index in [0.717, 1.165) is 22.2 Å². The zero-order valence-corrected chi connectivity index (χ0v) is 22.7. The molecule has 0 aliphatic carbocycles. The number of carbonyl (C=O) groups is 2. The zero-order valence-electron chi connectivity index (χ0n) is 22.0. The summed E-state index contributed by atoms with van der Waals surface area (Å²) in [6.45, 7) is 1.68. The topological polar surface area (TPSA) is 114 Å². The van der Waals surface area contributed by atoms with Crippen LogP contribution < -0.4 is 20.7 Å². The van der Waals surface area contributed by atoms with Crippen molar-refractivity contribution in [1.82, 2.24) is 20.6 Å². The Kier molecular flexibility index (Phi) is 9.79. The van der Waals surface area contributed by atoms with Gasteiger partial charge in [-0.1, -0.05) is 23.7 Å². The fourth-order valence-electron chi connectivity index (χ4n) is 4.16. The van der Waals surface area contributed by atoms with Gasteiger partial charge in [0, 0.05) is 61.2 Å². The number of alkyl halides is 3. The van der Waals surface area contributed by atoms with Crippen molar-refractivity contribution < 1.29 is 32.2 Å². The van der Waals surface area contributed by atoms with Crippen LogP contribution in [0.1, 0.15) is 28.8 Å². The summed E-state index contributed by atoms with van der Waals surface area (Å²) >= 11 is 5.86. The van der Waals surface area contributed by atoms with Crippen LogP contribution in [0.2, 0.25) is 5.02 Å². The van der Waals surface area contributed by atoms with Crippen LogP contribution in [0.5, 0.6) is 5.75 Å². The van der Waals surface area contributed by atoms with Crippen LogP contribution in [0.25, 0.3) is 21.7 Å². The minimum absolute atomic E-state index is 0.117. The molecule has 2 aromatic heterocycles. The van der Waals surface area contributed by atoms with E-state index in [-0.39, 0.29) is 10.9 Å². The van der Waals surface area contributed by atoms with Crippen LogP contribution in [0.3, 0.4) is 0 Å². The third kappa shape index (κ3) is 8.18. The molecule has 9 nitrogen and oxygen atoms in total. The number of nitrogens with one attached hydrogen (secondary N) is 3. The molecule has 0 bridgehead atoms. The molecule has 2 heterocycles. The minimum Gasteiger partial charge on any atom is -0.465 e. The highest BCUT2D eigenvalue weighted by atomic mass is 35.5. The number of benzene rings is 2. The summed E-state index contributed by atoms with van der Waals surface area (Å²) < 4.78 is 45.7. The van der Waals surface area contributed by atoms with Crippen molar-refractivity contribution in [3.63, 3.8) is 0 Å². The van der Waals surface area contributed by atoms with Crippen LogP contribution in [0, 0.1) is 0 Å². The molecule has 0 saturated heterocycles. The van der Waals surface area contributed by atoms with Gasteiger partial charge < -0.3 is 25.4 Å². The number of rotatable bonds is 12. The predicted octanol–water partition coefficient (Wildman–Crippen LogP) is 5.22. The molecule has 13 heteroatoms. The van der Waals surface area contributed by atoms with Gasteiger partial charge >= 0.3 is 12.3 Å². The van der Waals surface area contributed by atoms with Gasteiger partial charge in [-0.15, -0.1) is 13.2 Å². The van der Waals surface area contributed by atoms with E-state index in [1.165, 1.54) is 19.2 Å². The van der Waals surface area contributed by atoms with Crippen LogP contribution in [0.4, 0.5) is 19.0 Å². The van der Waals surface area contributed by atoms with Gasteiger partial charge in [0.1, 0.15) is 11.6 Å². The number of halogens is 4. The maximum atomic E-state index is 12.4. The molecule has 0 aliphatic heterocycles. The van der Waals surface area contributed by atoms with Crippen molar-refractivity contribution in [2.24, 2.45) is 0 Å². The molecule has 0 atom stereocenters. The van der Waals surface area contributed by atoms with Crippen molar-refractivity contribution in [2.75, 3.05) is 32.1 Å². The highest BCUT2D eigenvalue weighted by molar-refractivity contribution is 6.32. The molecule has 4 aromatic rings. The highest BCUT2D eigenvalue weighted by Gasteiger charge is 2.32. The van der Waals surface area contributed by atoms with Crippen LogP contribution in [-0.4, -0.2) is 55.0 Å². The summed E-state index contributed by atoms with van der Waals surface area (Å²) in [6.07, 6.45) is -0.539. The summed E-state index contributed by atoms with van der Waals surface area (Å²) in [4.78, 5) is 33.1. The fraction of sp³-hybridized carbons (Fsp3) is 0.286. The van der Waals surface area contributed by atoms with E-state index in [9.17, 15) is 22.8 Å². The third-order valence-electron chi connectivity index (χ3n) is 6.07. The molecule has 0 spiro atoms. The number of amides is 1. The first-order valence-corrected chi connectivity index (χ1v) is 13.0. The Labute approximate surface area is 238 Å². The number of hydrogen-bond acceptors (Lipinski definition) is 8. The Bertz CT molecular complexity index is 1550. The molecule has 4 rings (SSSR count). The van der Waals surface area contributed by atoms with Crippen LogP contribution in [0.15, 0.2) is 54.9 Å². The molecular formula is C28H27ClF3N5O4. The lowest BCUT2D eigenvalue weighted by atomic mass is 10.1. The summed E-state index contributed by atoms with van der Waals surface area (Å²) in [5, 5.41) is 11.7. The number of methoxy groups -OCH3 is 1. The van der Waals surface area contributed by atoms with Crippen LogP contribution in [-0.2, 0) is 16.1 Å². The number of nitrogens with zero attached hydrogens (tertiary/aromatic N) is 2. The summed E-state index contributed by atoms with van der Waals surface area (Å²) in [6, 6.07) is 11.1. The number of anilines is 1. The fourth-order valence-corrected chi connectivity index (χ4v) is 4.40. The van der Waals surface area contributed by atoms with E-state index in [1.54, 1.807) is 24.5 Å². The molecule has 216 valence electrons. The van der Waals surface area contributed by atoms with Crippen molar-refractivity contribution >= 4 is 51.0 Å². The Morgan fingerprint density at radius 3 is 2.59 bits per heavy atom. The summed E-state index contributed by atoms with van der Waals surface area (Å²) in [5.74, 6) is -0.402. The number of hydrogen-bond donors (Lipinski definition) is 3. The van der Waals surface area contributed by atoms with Crippen molar-refractivity contribution in [1.29, 1.82) is 0 Å². The first-order chi connectivity index (χ1) is 19.6. The molecule has 0 unspecified atom stereocenters. The second-order valence-corrected chi connectivity index (χ2v) is 9.38. The monoisotopic (exact) mass is 589 g/mol. The second kappa shape index (κ2) is 13.5. The average molecular weight is 590 g/mol. The average Bonchev–Trinajstić information content (AvgIpc) is 2.95. The third-order valence-corrected chi connectivity index (χ3v) is 6.36. The van der Waals surface area contributed by atoms with E-state index >= 15 is 0 Å². The number of esters is 1. The minimum atomic E-state index is -4.81. The molecule has 41 heavy (non-hydrogen) atoms. The van der Waals surface area contributed by atoms with Gasteiger partial charge in [-0.2, -0.15) is 0 Å². The highest BCUT2D eigenvalue weighted by Crippen LogP contribution is 2.31. The van der Waals surface area contributed by atoms with E-state index in [1.807, 2.05) is 12.1 Å². The normalized spacial score (nSPS) is 11.4. The predicted molar refractivity (Wildman–Crippen MR) is 149 cm³/mol. The van der Waals surface area contributed by atoms with Gasteiger partial charge in [0.25, 0.3) is 0 Å². The van der Waals surface area contributed by atoms with E-state index in [0.29, 0.717) is 61.5 Å². The number of pyridine rings is 2. The number of fused-ring (bicyclic) bond motifs is 3. The molecular weight excluding hydrogens is 563 g/mol. The molecule has 0 aliphatic rings. The van der Waals surface area contributed by atoms with Crippen molar-refractivity contribution in [3.8, 4) is 5.75 Å². The smallest absolute Gasteiger partial charge is 0.465 e. The standard InChI is InChI=1S/C28H27ClF3N5O4/c1-40-27(39)18-5-6-19-21-16-33-10-8-20(21)26(37-23(19)14-18)36-9-2-3-25(38)35-12-11-34-15-17-4-7-24(22(29)13-17)41-28(30,31)32/h4-8,10,13-14,16,34H,2-3,9,11-12,15H2,1H3,(H,35,38)(H,36,37). The lowest BCUT2D eigenvalue weighted by Gasteiger charge is -2.12. The first-order valence-electron chi connectivity index (χ1n) is 12.7. The summed E-state index contributed by atoms with van der Waals surface area (Å²) in [7, 11) is 1.32. The Morgan fingerprint density at radius 2 is 1.83 bits per heavy atom. The zero-order chi connectivity index (χ0) is 29.4. The maximum Gasteiger partial charge on any atom is 0.573 e. The lowest BCUT2D eigenvalue weighted by Crippen LogP contribution is -2.31. The van der Waals surface area contributed by atoms with Gasteiger partial charge in [-0.05, 0) is 42.3 Å². The van der Waals surface area contributed by atoms with E-state index in [4.69, 9.17) is 21.3 Å². The van der Waals surface area contributed by atoms with Crippen molar-refractivity contribution in [3.05, 3.63) is 71.0 Å². The lowest BCUT2D eigenvalue weighted by molar-refractivity contribution is -0.274. The van der Waals surface area contributed by atoms with Gasteiger partial charge in [0.2, 0.25) is 5.91 Å². The molecule has 0 fully saturated rings. The van der Waals surface area contributed by atoms with Gasteiger partial charge in [0.05, 0.1) is 23.2 Å². The number of aromatic nitrogens is 2. The molecule has 0 radical (unpaired) electrons. The molecule has 1 amide bonds. The van der Waals surface area contributed by atoms with Gasteiger partial charge in [-0.3, -0.25) is 9.78 Å². The first kappa shape index (κ1) is 29.8. The SMILES string of the molecule is COC(=O)c1ccc2c(c1)nc(NCCCC(=O)NCCNCc1ccc(OC(F)(F)F)c(Cl)c1)c1ccncc12. The van der Waals surface area contributed by atoms with Crippen LogP contribution >= 0.6 is 11.6 Å². The van der Waals surface area contributed by atoms with E-state index < -0.39 is 18.1 Å².